The molecule has 0 aliphatic rings. The minimum absolute atomic E-state index is 0.117. The highest BCUT2D eigenvalue weighted by atomic mass is 32.2. The number of rotatable bonds is 7. The van der Waals surface area contributed by atoms with Crippen LogP contribution in [0, 0.1) is 6.92 Å². The SMILES string of the molecule is Cc1cc(-c2ccc(C(F)(F)F)cc2)cc(-c2cccc(-c3cccc(S(=O)(=O)NCc4ccccc4)c3)n2)n1. The number of aryl methyl sites for hydroxylation is 1. The molecule has 0 aliphatic carbocycles. The van der Waals surface area contributed by atoms with Crippen LogP contribution in [0.15, 0.2) is 114 Å². The van der Waals surface area contributed by atoms with Crippen molar-refractivity contribution in [1.82, 2.24) is 14.7 Å². The molecular formula is C31H24F3N3O2S. The summed E-state index contributed by atoms with van der Waals surface area (Å²) >= 11 is 0. The van der Waals surface area contributed by atoms with Gasteiger partial charge in [-0.3, -0.25) is 4.98 Å². The lowest BCUT2D eigenvalue weighted by Crippen LogP contribution is -2.23. The molecule has 3 aromatic carbocycles. The van der Waals surface area contributed by atoms with E-state index in [-0.39, 0.29) is 11.4 Å². The zero-order valence-electron chi connectivity index (χ0n) is 21.4. The van der Waals surface area contributed by atoms with Gasteiger partial charge in [-0.2, -0.15) is 13.2 Å². The summed E-state index contributed by atoms with van der Waals surface area (Å²) in [5.41, 5.74) is 4.40. The number of halogens is 3. The summed E-state index contributed by atoms with van der Waals surface area (Å²) in [6.07, 6.45) is -4.41. The summed E-state index contributed by atoms with van der Waals surface area (Å²) in [6.45, 7) is 1.97. The van der Waals surface area contributed by atoms with Crippen molar-refractivity contribution in [3.05, 3.63) is 126 Å². The minimum atomic E-state index is -4.41. The molecule has 0 aliphatic heterocycles. The van der Waals surface area contributed by atoms with E-state index in [1.807, 2.05) is 30.3 Å². The second kappa shape index (κ2) is 11.0. The van der Waals surface area contributed by atoms with Gasteiger partial charge < -0.3 is 0 Å². The van der Waals surface area contributed by atoms with Crippen LogP contribution in [-0.2, 0) is 22.7 Å². The fraction of sp³-hybridized carbons (Fsp3) is 0.0968. The second-order valence-corrected chi connectivity index (χ2v) is 11.0. The standard InChI is InChI=1S/C31H24F3N3O2S/c1-21-17-25(23-13-15-26(16-14-23)31(32,33)34)19-30(36-21)29-12-6-11-28(37-29)24-9-5-10-27(18-24)40(38,39)35-20-22-7-3-2-4-8-22/h2-19,35H,20H2,1H3. The van der Waals surface area contributed by atoms with Crippen LogP contribution in [0.1, 0.15) is 16.8 Å². The number of hydrogen-bond acceptors (Lipinski definition) is 4. The highest BCUT2D eigenvalue weighted by Crippen LogP contribution is 2.32. The molecule has 0 fully saturated rings. The molecule has 5 aromatic rings. The van der Waals surface area contributed by atoms with Gasteiger partial charge >= 0.3 is 6.18 Å². The van der Waals surface area contributed by atoms with Crippen LogP contribution in [0.5, 0.6) is 0 Å². The quantitative estimate of drug-likeness (QED) is 0.227. The van der Waals surface area contributed by atoms with E-state index in [1.165, 1.54) is 18.2 Å². The van der Waals surface area contributed by atoms with Gasteiger partial charge in [0.25, 0.3) is 0 Å². The Bertz CT molecular complexity index is 1760. The van der Waals surface area contributed by atoms with Crippen molar-refractivity contribution >= 4 is 10.0 Å². The van der Waals surface area contributed by atoms with Crippen molar-refractivity contribution in [2.45, 2.75) is 24.5 Å². The molecule has 2 heterocycles. The summed E-state index contributed by atoms with van der Waals surface area (Å²) in [6, 6.07) is 29.7. The Morgan fingerprint density at radius 2 is 1.38 bits per heavy atom. The molecule has 0 saturated carbocycles. The van der Waals surface area contributed by atoms with Gasteiger partial charge in [0, 0.05) is 17.8 Å². The van der Waals surface area contributed by atoms with Crippen molar-refractivity contribution < 1.29 is 21.6 Å². The number of pyridine rings is 2. The molecule has 0 radical (unpaired) electrons. The number of alkyl halides is 3. The van der Waals surface area contributed by atoms with E-state index in [2.05, 4.69) is 9.71 Å². The molecule has 1 N–H and O–H groups in total. The van der Waals surface area contributed by atoms with Gasteiger partial charge in [-0.25, -0.2) is 18.1 Å². The normalized spacial score (nSPS) is 11.9. The van der Waals surface area contributed by atoms with E-state index in [9.17, 15) is 21.6 Å². The molecule has 0 atom stereocenters. The maximum Gasteiger partial charge on any atom is 0.416 e. The third-order valence-electron chi connectivity index (χ3n) is 6.26. The van der Waals surface area contributed by atoms with Crippen LogP contribution >= 0.6 is 0 Å². The van der Waals surface area contributed by atoms with Gasteiger partial charge in [-0.15, -0.1) is 0 Å². The first kappa shape index (κ1) is 27.2. The van der Waals surface area contributed by atoms with Gasteiger partial charge in [0.15, 0.2) is 0 Å². The van der Waals surface area contributed by atoms with E-state index in [0.29, 0.717) is 39.5 Å². The van der Waals surface area contributed by atoms with Crippen molar-refractivity contribution in [2.24, 2.45) is 0 Å². The first-order valence-corrected chi connectivity index (χ1v) is 13.8. The monoisotopic (exact) mass is 559 g/mol. The summed E-state index contributed by atoms with van der Waals surface area (Å²) in [5, 5.41) is 0. The van der Waals surface area contributed by atoms with E-state index >= 15 is 0 Å². The molecule has 0 unspecified atom stereocenters. The Morgan fingerprint density at radius 1 is 0.675 bits per heavy atom. The van der Waals surface area contributed by atoms with Crippen LogP contribution in [0.3, 0.4) is 0 Å². The van der Waals surface area contributed by atoms with Crippen molar-refractivity contribution in [1.29, 1.82) is 0 Å². The molecular weight excluding hydrogens is 535 g/mol. The van der Waals surface area contributed by atoms with Crippen LogP contribution in [0.25, 0.3) is 33.8 Å². The van der Waals surface area contributed by atoms with Crippen LogP contribution < -0.4 is 4.72 Å². The molecule has 40 heavy (non-hydrogen) atoms. The number of aromatic nitrogens is 2. The first-order valence-electron chi connectivity index (χ1n) is 12.4. The van der Waals surface area contributed by atoms with Gasteiger partial charge in [-0.05, 0) is 72.1 Å². The maximum absolute atomic E-state index is 13.0. The zero-order chi connectivity index (χ0) is 28.3. The summed E-state index contributed by atoms with van der Waals surface area (Å²) < 4.78 is 67.5. The maximum atomic E-state index is 13.0. The van der Waals surface area contributed by atoms with Gasteiger partial charge in [0.2, 0.25) is 10.0 Å². The Kier molecular flexibility index (Phi) is 7.51. The molecule has 0 amide bonds. The van der Waals surface area contributed by atoms with E-state index in [1.54, 1.807) is 55.5 Å². The average molecular weight is 560 g/mol. The van der Waals surface area contributed by atoms with E-state index < -0.39 is 21.8 Å². The van der Waals surface area contributed by atoms with Crippen molar-refractivity contribution in [3.63, 3.8) is 0 Å². The number of sulfonamides is 1. The minimum Gasteiger partial charge on any atom is -0.251 e. The highest BCUT2D eigenvalue weighted by Gasteiger charge is 2.30. The number of benzene rings is 3. The molecule has 5 nitrogen and oxygen atoms in total. The van der Waals surface area contributed by atoms with Crippen molar-refractivity contribution in [3.8, 4) is 33.8 Å². The molecule has 5 rings (SSSR count). The summed E-state index contributed by atoms with van der Waals surface area (Å²) in [7, 11) is -3.77. The lowest BCUT2D eigenvalue weighted by Gasteiger charge is -2.11. The summed E-state index contributed by atoms with van der Waals surface area (Å²) in [4.78, 5) is 9.43. The molecule has 0 saturated heterocycles. The predicted molar refractivity (Wildman–Crippen MR) is 149 cm³/mol. The summed E-state index contributed by atoms with van der Waals surface area (Å²) in [5.74, 6) is 0. The molecule has 0 bridgehead atoms. The van der Waals surface area contributed by atoms with Crippen LogP contribution in [0.4, 0.5) is 13.2 Å². The van der Waals surface area contributed by atoms with Gasteiger partial charge in [0.1, 0.15) is 0 Å². The van der Waals surface area contributed by atoms with Crippen LogP contribution in [-0.4, -0.2) is 18.4 Å². The third-order valence-corrected chi connectivity index (χ3v) is 7.66. The second-order valence-electron chi connectivity index (χ2n) is 9.20. The first-order chi connectivity index (χ1) is 19.1. The molecule has 9 heteroatoms. The molecule has 0 spiro atoms. The number of nitrogens with zero attached hydrogens (tertiary/aromatic N) is 2. The third kappa shape index (κ3) is 6.27. The predicted octanol–water partition coefficient (Wildman–Crippen LogP) is 7.28. The number of nitrogens with one attached hydrogen (secondary N) is 1. The fourth-order valence-electron chi connectivity index (χ4n) is 4.24. The molecule has 2 aromatic heterocycles. The average Bonchev–Trinajstić information content (AvgIpc) is 2.96. The van der Waals surface area contributed by atoms with Crippen molar-refractivity contribution in [2.75, 3.05) is 0 Å². The zero-order valence-corrected chi connectivity index (χ0v) is 22.2. The van der Waals surface area contributed by atoms with E-state index in [4.69, 9.17) is 4.98 Å². The fourth-order valence-corrected chi connectivity index (χ4v) is 5.30. The lowest BCUT2D eigenvalue weighted by molar-refractivity contribution is -0.137. The van der Waals surface area contributed by atoms with Gasteiger partial charge in [0.05, 0.1) is 27.5 Å². The highest BCUT2D eigenvalue weighted by molar-refractivity contribution is 7.89. The Morgan fingerprint density at radius 3 is 2.10 bits per heavy atom. The Labute approximate surface area is 230 Å². The number of hydrogen-bond donors (Lipinski definition) is 1. The van der Waals surface area contributed by atoms with E-state index in [0.717, 1.165) is 17.7 Å². The smallest absolute Gasteiger partial charge is 0.251 e. The topological polar surface area (TPSA) is 72.0 Å². The lowest BCUT2D eigenvalue weighted by atomic mass is 10.0. The Balaban J connectivity index is 1.43. The van der Waals surface area contributed by atoms with Gasteiger partial charge in [-0.1, -0.05) is 60.7 Å². The largest absolute Gasteiger partial charge is 0.416 e. The molecule has 202 valence electrons. The Hall–Kier alpha value is -4.34. The van der Waals surface area contributed by atoms with Crippen LogP contribution in [0.2, 0.25) is 0 Å².